The average Bonchev–Trinajstić information content (AvgIpc) is 2.77. The van der Waals surface area contributed by atoms with Crippen LogP contribution in [-0.2, 0) is 14.9 Å². The third-order valence-electron chi connectivity index (χ3n) is 4.41. The van der Waals surface area contributed by atoms with Gasteiger partial charge in [0, 0.05) is 25.7 Å². The van der Waals surface area contributed by atoms with Gasteiger partial charge in [0.2, 0.25) is 0 Å². The molecule has 1 aliphatic heterocycles. The number of hydrogen-bond donors (Lipinski definition) is 1. The second-order valence-electron chi connectivity index (χ2n) is 5.92. The lowest BCUT2D eigenvalue weighted by atomic mass is 10.1. The summed E-state index contributed by atoms with van der Waals surface area (Å²) >= 11 is 0. The zero-order valence-corrected chi connectivity index (χ0v) is 13.7. The van der Waals surface area contributed by atoms with Crippen molar-refractivity contribution in [3.05, 3.63) is 0 Å². The predicted octanol–water partition coefficient (Wildman–Crippen LogP) is 0.937. The number of hydrogen-bond acceptors (Lipinski definition) is 4. The minimum atomic E-state index is -3.38. The van der Waals surface area contributed by atoms with Gasteiger partial charge in [0.05, 0.1) is 13.2 Å². The molecule has 1 aliphatic carbocycles. The van der Waals surface area contributed by atoms with Gasteiger partial charge in [-0.15, -0.1) is 0 Å². The van der Waals surface area contributed by atoms with Crippen molar-refractivity contribution >= 4 is 10.2 Å². The topological polar surface area (TPSA) is 75.9 Å². The number of nitrogens with zero attached hydrogens (tertiary/aromatic N) is 2. The van der Waals surface area contributed by atoms with Gasteiger partial charge in [-0.2, -0.15) is 17.0 Å². The predicted molar refractivity (Wildman–Crippen MR) is 83.2 cm³/mol. The van der Waals surface area contributed by atoms with Gasteiger partial charge in [0.25, 0.3) is 10.2 Å². The Labute approximate surface area is 128 Å². The zero-order chi connectivity index (χ0) is 15.1. The molecule has 21 heavy (non-hydrogen) atoms. The van der Waals surface area contributed by atoms with E-state index >= 15 is 0 Å². The molecule has 0 aromatic carbocycles. The fraction of sp³-hybridized carbons (Fsp3) is 1.00. The minimum Gasteiger partial charge on any atom is -0.379 e. The maximum absolute atomic E-state index is 13.0. The number of nitrogens with two attached hydrogens (primary N) is 1. The smallest absolute Gasteiger partial charge is 0.282 e. The van der Waals surface area contributed by atoms with Crippen LogP contribution in [0.4, 0.5) is 0 Å². The van der Waals surface area contributed by atoms with Crippen molar-refractivity contribution < 1.29 is 13.2 Å². The molecule has 0 amide bonds. The summed E-state index contributed by atoms with van der Waals surface area (Å²) in [5.41, 5.74) is 5.60. The van der Waals surface area contributed by atoms with Crippen LogP contribution in [0.3, 0.4) is 0 Å². The van der Waals surface area contributed by atoms with Gasteiger partial charge in [-0.3, -0.25) is 0 Å². The van der Waals surface area contributed by atoms with Crippen LogP contribution in [-0.4, -0.2) is 62.5 Å². The molecule has 0 aromatic heterocycles. The van der Waals surface area contributed by atoms with Gasteiger partial charge in [-0.25, -0.2) is 0 Å². The lowest BCUT2D eigenvalue weighted by Gasteiger charge is -2.36. The molecule has 0 aromatic rings. The highest BCUT2D eigenvalue weighted by atomic mass is 32.2. The first-order chi connectivity index (χ1) is 10.2. The zero-order valence-electron chi connectivity index (χ0n) is 12.9. The third kappa shape index (κ3) is 4.63. The molecule has 2 aliphatic rings. The molecule has 124 valence electrons. The minimum absolute atomic E-state index is 0.145. The lowest BCUT2D eigenvalue weighted by Crippen LogP contribution is -2.52. The van der Waals surface area contributed by atoms with Gasteiger partial charge in [-0.1, -0.05) is 25.7 Å². The Morgan fingerprint density at radius 2 is 1.71 bits per heavy atom. The molecule has 1 heterocycles. The highest BCUT2D eigenvalue weighted by Gasteiger charge is 2.35. The molecule has 0 bridgehead atoms. The monoisotopic (exact) mass is 319 g/mol. The molecule has 0 unspecified atom stereocenters. The van der Waals surface area contributed by atoms with Crippen molar-refractivity contribution in [1.82, 2.24) is 8.61 Å². The maximum atomic E-state index is 13.0. The number of ether oxygens (including phenoxy) is 1. The largest absolute Gasteiger partial charge is 0.379 e. The van der Waals surface area contributed by atoms with E-state index in [-0.39, 0.29) is 6.04 Å². The average molecular weight is 319 g/mol. The Morgan fingerprint density at radius 3 is 2.29 bits per heavy atom. The Hall–Kier alpha value is -0.210. The van der Waals surface area contributed by atoms with E-state index in [1.807, 2.05) is 0 Å². The number of rotatable bonds is 6. The standard InChI is InChI=1S/C14H29N3O3S/c15-8-5-9-17(14-6-3-1-2-4-7-14)21(18,19)16-10-12-20-13-11-16/h14H,1-13,15H2. The van der Waals surface area contributed by atoms with Crippen molar-refractivity contribution in [2.45, 2.75) is 51.0 Å². The summed E-state index contributed by atoms with van der Waals surface area (Å²) in [6, 6.07) is 0.145. The summed E-state index contributed by atoms with van der Waals surface area (Å²) in [6.07, 6.45) is 7.38. The Kier molecular flexibility index (Phi) is 6.88. The van der Waals surface area contributed by atoms with E-state index in [9.17, 15) is 8.42 Å². The van der Waals surface area contributed by atoms with Crippen LogP contribution in [0.15, 0.2) is 0 Å². The summed E-state index contributed by atoms with van der Waals surface area (Å²) in [7, 11) is -3.38. The first-order valence-electron chi connectivity index (χ1n) is 8.21. The summed E-state index contributed by atoms with van der Waals surface area (Å²) in [4.78, 5) is 0. The first kappa shape index (κ1) is 17.1. The maximum Gasteiger partial charge on any atom is 0.282 e. The molecule has 2 rings (SSSR count). The molecule has 7 heteroatoms. The van der Waals surface area contributed by atoms with Gasteiger partial charge >= 0.3 is 0 Å². The molecular weight excluding hydrogens is 290 g/mol. The fourth-order valence-corrected chi connectivity index (χ4v) is 5.06. The van der Waals surface area contributed by atoms with E-state index < -0.39 is 10.2 Å². The van der Waals surface area contributed by atoms with Crippen LogP contribution >= 0.6 is 0 Å². The molecular formula is C14H29N3O3S. The van der Waals surface area contributed by atoms with Crippen LogP contribution < -0.4 is 5.73 Å². The Bertz CT molecular complexity index is 388. The molecule has 6 nitrogen and oxygen atoms in total. The normalized spacial score (nSPS) is 23.3. The summed E-state index contributed by atoms with van der Waals surface area (Å²) in [6.45, 7) is 2.99. The molecule has 2 N–H and O–H groups in total. The van der Waals surface area contributed by atoms with Crippen molar-refractivity contribution in [1.29, 1.82) is 0 Å². The molecule has 0 atom stereocenters. The third-order valence-corrected chi connectivity index (χ3v) is 6.50. The van der Waals surface area contributed by atoms with Crippen LogP contribution in [0, 0.1) is 0 Å². The van der Waals surface area contributed by atoms with Gasteiger partial charge in [-0.05, 0) is 25.8 Å². The molecule has 2 fully saturated rings. The Morgan fingerprint density at radius 1 is 1.10 bits per heavy atom. The Balaban J connectivity index is 2.12. The van der Waals surface area contributed by atoms with Crippen LogP contribution in [0.5, 0.6) is 0 Å². The fourth-order valence-electron chi connectivity index (χ4n) is 3.20. The van der Waals surface area contributed by atoms with Crippen LogP contribution in [0.1, 0.15) is 44.9 Å². The lowest BCUT2D eigenvalue weighted by molar-refractivity contribution is 0.0688. The van der Waals surface area contributed by atoms with Crippen LogP contribution in [0.25, 0.3) is 0 Å². The summed E-state index contributed by atoms with van der Waals surface area (Å²) in [5, 5.41) is 0. The summed E-state index contributed by atoms with van der Waals surface area (Å²) in [5.74, 6) is 0. The highest BCUT2D eigenvalue weighted by Crippen LogP contribution is 2.26. The van der Waals surface area contributed by atoms with Gasteiger partial charge < -0.3 is 10.5 Å². The first-order valence-corrected chi connectivity index (χ1v) is 9.60. The molecule has 1 saturated heterocycles. The van der Waals surface area contributed by atoms with E-state index in [4.69, 9.17) is 10.5 Å². The second-order valence-corrected chi connectivity index (χ2v) is 7.80. The molecule has 0 spiro atoms. The van der Waals surface area contributed by atoms with E-state index in [1.54, 1.807) is 8.61 Å². The highest BCUT2D eigenvalue weighted by molar-refractivity contribution is 7.86. The van der Waals surface area contributed by atoms with E-state index in [0.29, 0.717) is 39.4 Å². The quantitative estimate of drug-likeness (QED) is 0.739. The SMILES string of the molecule is NCCCN(C1CCCCCC1)S(=O)(=O)N1CCOCC1. The van der Waals surface area contributed by atoms with Gasteiger partial charge in [0.1, 0.15) is 0 Å². The van der Waals surface area contributed by atoms with Crippen molar-refractivity contribution in [3.63, 3.8) is 0 Å². The van der Waals surface area contributed by atoms with E-state index in [0.717, 1.165) is 32.1 Å². The van der Waals surface area contributed by atoms with Crippen molar-refractivity contribution in [3.8, 4) is 0 Å². The van der Waals surface area contributed by atoms with Gasteiger partial charge in [0.15, 0.2) is 0 Å². The van der Waals surface area contributed by atoms with Crippen molar-refractivity contribution in [2.24, 2.45) is 5.73 Å². The van der Waals surface area contributed by atoms with Crippen molar-refractivity contribution in [2.75, 3.05) is 39.4 Å². The molecule has 1 saturated carbocycles. The second kappa shape index (κ2) is 8.43. The van der Waals surface area contributed by atoms with E-state index in [2.05, 4.69) is 0 Å². The van der Waals surface area contributed by atoms with E-state index in [1.165, 1.54) is 12.8 Å². The summed E-state index contributed by atoms with van der Waals surface area (Å²) < 4.78 is 34.5. The number of morpholine rings is 1. The van der Waals surface area contributed by atoms with Crippen LogP contribution in [0.2, 0.25) is 0 Å². The molecule has 0 radical (unpaired) electrons.